The summed E-state index contributed by atoms with van der Waals surface area (Å²) in [5.41, 5.74) is 6.54. The highest BCUT2D eigenvalue weighted by atomic mass is 127. The Hall–Kier alpha value is -1.25. The fraction of sp³-hybridized carbons (Fsp3) is 0.571. The van der Waals surface area contributed by atoms with Gasteiger partial charge in [-0.2, -0.15) is 0 Å². The zero-order valence-electron chi connectivity index (χ0n) is 12.8. The van der Waals surface area contributed by atoms with Crippen LogP contribution in [0.25, 0.3) is 0 Å². The van der Waals surface area contributed by atoms with E-state index in [1.54, 1.807) is 6.07 Å². The molecule has 7 heteroatoms. The molecule has 0 atom stereocenters. The highest BCUT2D eigenvalue weighted by Gasteiger charge is 2.11. The van der Waals surface area contributed by atoms with Gasteiger partial charge in [0.25, 0.3) is 5.91 Å². The number of nitrogens with one attached hydrogen (secondary N) is 2. The van der Waals surface area contributed by atoms with Gasteiger partial charge in [0.2, 0.25) is 0 Å². The summed E-state index contributed by atoms with van der Waals surface area (Å²) >= 11 is 0. The Morgan fingerprint density at radius 3 is 2.62 bits per heavy atom. The fourth-order valence-corrected chi connectivity index (χ4v) is 1.53. The van der Waals surface area contributed by atoms with E-state index in [0.29, 0.717) is 37.3 Å². The molecule has 0 aliphatic heterocycles. The monoisotopic (exact) mass is 408 g/mol. The van der Waals surface area contributed by atoms with E-state index >= 15 is 0 Å². The van der Waals surface area contributed by atoms with Gasteiger partial charge < -0.3 is 20.8 Å². The van der Waals surface area contributed by atoms with Gasteiger partial charge in [-0.3, -0.25) is 9.79 Å². The predicted octanol–water partition coefficient (Wildman–Crippen LogP) is 1.89. The maximum absolute atomic E-state index is 11.7. The minimum absolute atomic E-state index is 0. The number of furan rings is 1. The number of carbonyl (C=O) groups excluding carboxylic acids is 1. The number of aryl methyl sites for hydroxylation is 1. The molecule has 0 aliphatic rings. The summed E-state index contributed by atoms with van der Waals surface area (Å²) in [7, 11) is 0. The largest absolute Gasteiger partial charge is 0.459 e. The van der Waals surface area contributed by atoms with Gasteiger partial charge in [-0.05, 0) is 25.3 Å². The first-order chi connectivity index (χ1) is 9.50. The fourth-order valence-electron chi connectivity index (χ4n) is 1.53. The summed E-state index contributed by atoms with van der Waals surface area (Å²) in [6, 6.07) is 1.77. The second-order valence-electron chi connectivity index (χ2n) is 5.09. The van der Waals surface area contributed by atoms with Crippen molar-refractivity contribution in [1.29, 1.82) is 0 Å². The maximum Gasteiger partial charge on any atom is 0.287 e. The van der Waals surface area contributed by atoms with Crippen LogP contribution in [0.5, 0.6) is 0 Å². The molecule has 0 unspecified atom stereocenters. The first kappa shape index (κ1) is 19.8. The topological polar surface area (TPSA) is 92.7 Å². The molecular formula is C14H25IN4O2. The molecule has 0 radical (unpaired) electrons. The summed E-state index contributed by atoms with van der Waals surface area (Å²) in [6.07, 6.45) is 2.28. The quantitative estimate of drug-likeness (QED) is 0.278. The average Bonchev–Trinajstić information content (AvgIpc) is 2.82. The van der Waals surface area contributed by atoms with Gasteiger partial charge in [-0.25, -0.2) is 0 Å². The molecule has 6 nitrogen and oxygen atoms in total. The Bertz CT molecular complexity index is 458. The highest BCUT2D eigenvalue weighted by Crippen LogP contribution is 2.07. The molecule has 0 bridgehead atoms. The van der Waals surface area contributed by atoms with Crippen molar-refractivity contribution in [3.05, 3.63) is 23.7 Å². The first-order valence-corrected chi connectivity index (χ1v) is 6.86. The third kappa shape index (κ3) is 7.93. The van der Waals surface area contributed by atoms with Gasteiger partial charge in [0.05, 0.1) is 6.26 Å². The van der Waals surface area contributed by atoms with Crippen LogP contribution in [0, 0.1) is 12.8 Å². The Balaban J connectivity index is 0.00000400. The second kappa shape index (κ2) is 10.5. The van der Waals surface area contributed by atoms with Crippen molar-refractivity contribution in [1.82, 2.24) is 10.6 Å². The van der Waals surface area contributed by atoms with Crippen LogP contribution in [0.4, 0.5) is 0 Å². The van der Waals surface area contributed by atoms with E-state index < -0.39 is 0 Å². The zero-order chi connectivity index (χ0) is 15.0. The molecule has 0 saturated heterocycles. The van der Waals surface area contributed by atoms with Crippen LogP contribution < -0.4 is 16.4 Å². The van der Waals surface area contributed by atoms with Crippen molar-refractivity contribution < 1.29 is 9.21 Å². The number of carbonyl (C=O) groups is 1. The number of hydrogen-bond acceptors (Lipinski definition) is 3. The molecule has 1 aromatic heterocycles. The number of aliphatic imine (C=N–C) groups is 1. The number of nitrogens with zero attached hydrogens (tertiary/aromatic N) is 1. The molecule has 1 rings (SSSR count). The zero-order valence-corrected chi connectivity index (χ0v) is 15.1. The Morgan fingerprint density at radius 2 is 2.05 bits per heavy atom. The van der Waals surface area contributed by atoms with Gasteiger partial charge in [-0.1, -0.05) is 13.8 Å². The lowest BCUT2D eigenvalue weighted by Crippen LogP contribution is -2.34. The lowest BCUT2D eigenvalue weighted by molar-refractivity contribution is 0.0925. The van der Waals surface area contributed by atoms with Crippen molar-refractivity contribution in [2.24, 2.45) is 16.6 Å². The molecule has 0 aromatic carbocycles. The molecule has 1 heterocycles. The summed E-state index contributed by atoms with van der Waals surface area (Å²) in [5.74, 6) is 1.13. The van der Waals surface area contributed by atoms with E-state index in [1.807, 2.05) is 6.92 Å². The Labute approximate surface area is 143 Å². The number of halogens is 1. The third-order valence-electron chi connectivity index (χ3n) is 2.64. The van der Waals surface area contributed by atoms with Crippen LogP contribution in [0.15, 0.2) is 21.7 Å². The minimum Gasteiger partial charge on any atom is -0.459 e. The van der Waals surface area contributed by atoms with E-state index in [-0.39, 0.29) is 29.9 Å². The van der Waals surface area contributed by atoms with Gasteiger partial charge in [0.15, 0.2) is 11.7 Å². The predicted molar refractivity (Wildman–Crippen MR) is 95.1 cm³/mol. The normalized spacial score (nSPS) is 11.1. The number of guanidine groups is 1. The van der Waals surface area contributed by atoms with Crippen molar-refractivity contribution in [2.75, 3.05) is 19.6 Å². The minimum atomic E-state index is -0.186. The van der Waals surface area contributed by atoms with Gasteiger partial charge in [0.1, 0.15) is 0 Å². The summed E-state index contributed by atoms with van der Waals surface area (Å²) < 4.78 is 5.11. The molecule has 0 aliphatic carbocycles. The van der Waals surface area contributed by atoms with Crippen LogP contribution in [-0.2, 0) is 0 Å². The van der Waals surface area contributed by atoms with Crippen molar-refractivity contribution >= 4 is 35.8 Å². The molecule has 4 N–H and O–H groups in total. The maximum atomic E-state index is 11.7. The van der Waals surface area contributed by atoms with Crippen LogP contribution >= 0.6 is 24.0 Å². The molecule has 1 aromatic rings. The van der Waals surface area contributed by atoms with E-state index in [9.17, 15) is 4.79 Å². The van der Waals surface area contributed by atoms with Crippen LogP contribution in [0.1, 0.15) is 36.4 Å². The van der Waals surface area contributed by atoms with Gasteiger partial charge in [-0.15, -0.1) is 24.0 Å². The van der Waals surface area contributed by atoms with E-state index in [0.717, 1.165) is 12.0 Å². The molecule has 120 valence electrons. The first-order valence-electron chi connectivity index (χ1n) is 6.86. The van der Waals surface area contributed by atoms with Crippen molar-refractivity contribution in [2.45, 2.75) is 27.2 Å². The Kier molecular flexibility index (Phi) is 9.85. The molecular weight excluding hydrogens is 383 g/mol. The average molecular weight is 408 g/mol. The number of amides is 1. The van der Waals surface area contributed by atoms with Crippen molar-refractivity contribution in [3.63, 3.8) is 0 Å². The molecule has 0 fully saturated rings. The molecule has 21 heavy (non-hydrogen) atoms. The Morgan fingerprint density at radius 1 is 1.38 bits per heavy atom. The second-order valence-corrected chi connectivity index (χ2v) is 5.09. The van der Waals surface area contributed by atoms with E-state index in [2.05, 4.69) is 29.5 Å². The number of rotatable bonds is 7. The van der Waals surface area contributed by atoms with E-state index in [1.165, 1.54) is 6.26 Å². The van der Waals surface area contributed by atoms with Crippen LogP contribution in [0.2, 0.25) is 0 Å². The van der Waals surface area contributed by atoms with Crippen LogP contribution in [-0.4, -0.2) is 31.5 Å². The lowest BCUT2D eigenvalue weighted by Gasteiger charge is -2.07. The van der Waals surface area contributed by atoms with Gasteiger partial charge >= 0.3 is 0 Å². The lowest BCUT2D eigenvalue weighted by atomic mass is 10.2. The summed E-state index contributed by atoms with van der Waals surface area (Å²) in [5, 5.41) is 5.81. The van der Waals surface area contributed by atoms with Crippen LogP contribution in [0.3, 0.4) is 0 Å². The molecule has 1 amide bonds. The number of nitrogens with two attached hydrogens (primary N) is 1. The standard InChI is InChI=1S/C14H24N4O2.HI/c1-10(2)9-18-14(15)17-7-4-6-16-13(19)12-11(3)5-8-20-12;/h5,8,10H,4,6-7,9H2,1-3H3,(H,16,19)(H3,15,17,18);1H. The highest BCUT2D eigenvalue weighted by molar-refractivity contribution is 14.0. The molecule has 0 saturated carbocycles. The smallest absolute Gasteiger partial charge is 0.287 e. The van der Waals surface area contributed by atoms with Crippen molar-refractivity contribution in [3.8, 4) is 0 Å². The summed E-state index contributed by atoms with van der Waals surface area (Å²) in [6.45, 7) is 7.96. The number of hydrogen-bond donors (Lipinski definition) is 3. The van der Waals surface area contributed by atoms with Gasteiger partial charge in [0, 0.05) is 25.2 Å². The third-order valence-corrected chi connectivity index (χ3v) is 2.64. The summed E-state index contributed by atoms with van der Waals surface area (Å²) in [4.78, 5) is 15.9. The molecule has 0 spiro atoms. The van der Waals surface area contributed by atoms with E-state index in [4.69, 9.17) is 10.2 Å². The SMILES string of the molecule is Cc1ccoc1C(=O)NCCCNC(N)=NCC(C)C.I.